The van der Waals surface area contributed by atoms with Crippen LogP contribution in [0.1, 0.15) is 29.6 Å². The van der Waals surface area contributed by atoms with E-state index in [9.17, 15) is 4.79 Å². The van der Waals surface area contributed by atoms with E-state index >= 15 is 0 Å². The lowest BCUT2D eigenvalue weighted by Crippen LogP contribution is -2.26. The fraction of sp³-hybridized carbons (Fsp3) is 0.364. The van der Waals surface area contributed by atoms with Gasteiger partial charge >= 0.3 is 5.97 Å². The van der Waals surface area contributed by atoms with Gasteiger partial charge in [-0.25, -0.2) is 4.79 Å². The first-order chi connectivity index (χ1) is 6.75. The number of nitrogens with one attached hydrogen (secondary N) is 1. The van der Waals surface area contributed by atoms with E-state index in [2.05, 4.69) is 5.32 Å². The van der Waals surface area contributed by atoms with Crippen molar-refractivity contribution in [3.05, 3.63) is 29.8 Å². The van der Waals surface area contributed by atoms with E-state index in [1.165, 1.54) is 19.3 Å². The highest BCUT2D eigenvalue weighted by Gasteiger charge is 2.16. The highest BCUT2D eigenvalue weighted by atomic mass is 16.4. The number of carboxylic acids is 1. The number of hydrogen-bond acceptors (Lipinski definition) is 2. The molecule has 0 unspecified atom stereocenters. The molecule has 74 valence electrons. The largest absolute Gasteiger partial charge is 0.478 e. The zero-order valence-electron chi connectivity index (χ0n) is 7.86. The molecule has 1 aliphatic carbocycles. The average molecular weight is 191 g/mol. The lowest BCUT2D eigenvalue weighted by molar-refractivity contribution is 0.0697. The molecular weight excluding hydrogens is 178 g/mol. The SMILES string of the molecule is O=C(O)c1ccc(NC2CCC2)cc1. The van der Waals surface area contributed by atoms with Gasteiger partial charge in [-0.1, -0.05) is 0 Å². The molecule has 0 aromatic heterocycles. The van der Waals surface area contributed by atoms with Gasteiger partial charge < -0.3 is 10.4 Å². The zero-order valence-corrected chi connectivity index (χ0v) is 7.86. The lowest BCUT2D eigenvalue weighted by atomic mass is 9.93. The minimum absolute atomic E-state index is 0.337. The minimum Gasteiger partial charge on any atom is -0.478 e. The Labute approximate surface area is 82.8 Å². The summed E-state index contributed by atoms with van der Waals surface area (Å²) in [4.78, 5) is 10.6. The van der Waals surface area contributed by atoms with Gasteiger partial charge in [-0.2, -0.15) is 0 Å². The third-order valence-corrected chi connectivity index (χ3v) is 2.61. The Morgan fingerprint density at radius 3 is 2.36 bits per heavy atom. The summed E-state index contributed by atoms with van der Waals surface area (Å²) in [7, 11) is 0. The second kappa shape index (κ2) is 3.70. The van der Waals surface area contributed by atoms with Crippen LogP contribution in [0.2, 0.25) is 0 Å². The van der Waals surface area contributed by atoms with Crippen LogP contribution in [-0.4, -0.2) is 17.1 Å². The van der Waals surface area contributed by atoms with E-state index < -0.39 is 5.97 Å². The first-order valence-corrected chi connectivity index (χ1v) is 4.85. The molecule has 1 aromatic rings. The monoisotopic (exact) mass is 191 g/mol. The van der Waals surface area contributed by atoms with Crippen molar-refractivity contribution in [3.8, 4) is 0 Å². The number of carbonyl (C=O) groups is 1. The van der Waals surface area contributed by atoms with Gasteiger partial charge in [0.15, 0.2) is 0 Å². The Morgan fingerprint density at radius 1 is 1.29 bits per heavy atom. The molecule has 2 rings (SSSR count). The molecular formula is C11H13NO2. The second-order valence-corrected chi connectivity index (χ2v) is 3.65. The molecule has 0 saturated heterocycles. The predicted octanol–water partition coefficient (Wildman–Crippen LogP) is 2.35. The Kier molecular flexibility index (Phi) is 2.39. The fourth-order valence-electron chi connectivity index (χ4n) is 1.50. The minimum atomic E-state index is -0.875. The van der Waals surface area contributed by atoms with Gasteiger partial charge in [0, 0.05) is 11.7 Å². The molecule has 3 nitrogen and oxygen atoms in total. The summed E-state index contributed by atoms with van der Waals surface area (Å²) in [5, 5.41) is 12.0. The summed E-state index contributed by atoms with van der Waals surface area (Å²) in [6.07, 6.45) is 3.74. The quantitative estimate of drug-likeness (QED) is 0.771. The van der Waals surface area contributed by atoms with Gasteiger partial charge in [0.25, 0.3) is 0 Å². The van der Waals surface area contributed by atoms with Crippen LogP contribution in [0.25, 0.3) is 0 Å². The third-order valence-electron chi connectivity index (χ3n) is 2.61. The van der Waals surface area contributed by atoms with Crippen LogP contribution in [0.3, 0.4) is 0 Å². The molecule has 0 aliphatic heterocycles. The van der Waals surface area contributed by atoms with Gasteiger partial charge in [-0.3, -0.25) is 0 Å². The van der Waals surface area contributed by atoms with Gasteiger partial charge in [0.1, 0.15) is 0 Å². The summed E-state index contributed by atoms with van der Waals surface area (Å²) in [5.41, 5.74) is 1.35. The zero-order chi connectivity index (χ0) is 9.97. The van der Waals surface area contributed by atoms with E-state index in [4.69, 9.17) is 5.11 Å². The summed E-state index contributed by atoms with van der Waals surface area (Å²) in [5.74, 6) is -0.875. The van der Waals surface area contributed by atoms with E-state index in [1.807, 2.05) is 12.1 Å². The van der Waals surface area contributed by atoms with Crippen molar-refractivity contribution in [1.82, 2.24) is 0 Å². The Balaban J connectivity index is 2.01. The summed E-state index contributed by atoms with van der Waals surface area (Å²) < 4.78 is 0. The molecule has 0 bridgehead atoms. The van der Waals surface area contributed by atoms with Crippen LogP contribution in [0.4, 0.5) is 5.69 Å². The van der Waals surface area contributed by atoms with E-state index in [0.717, 1.165) is 5.69 Å². The summed E-state index contributed by atoms with van der Waals surface area (Å²) in [6, 6.07) is 7.49. The van der Waals surface area contributed by atoms with Crippen LogP contribution in [0.5, 0.6) is 0 Å². The average Bonchev–Trinajstić information content (AvgIpc) is 2.12. The van der Waals surface area contributed by atoms with E-state index in [0.29, 0.717) is 11.6 Å². The van der Waals surface area contributed by atoms with Gasteiger partial charge in [-0.15, -0.1) is 0 Å². The van der Waals surface area contributed by atoms with Gasteiger partial charge in [0.2, 0.25) is 0 Å². The molecule has 0 radical (unpaired) electrons. The molecule has 0 spiro atoms. The first-order valence-electron chi connectivity index (χ1n) is 4.85. The Morgan fingerprint density at radius 2 is 1.93 bits per heavy atom. The fourth-order valence-corrected chi connectivity index (χ4v) is 1.50. The molecule has 0 amide bonds. The Hall–Kier alpha value is -1.51. The summed E-state index contributed by atoms with van der Waals surface area (Å²) >= 11 is 0. The molecule has 14 heavy (non-hydrogen) atoms. The number of carboxylic acid groups (broad SMARTS) is 1. The molecule has 2 N–H and O–H groups in total. The van der Waals surface area contributed by atoms with Gasteiger partial charge in [-0.05, 0) is 43.5 Å². The lowest BCUT2D eigenvalue weighted by Gasteiger charge is -2.27. The smallest absolute Gasteiger partial charge is 0.335 e. The van der Waals surface area contributed by atoms with Crippen molar-refractivity contribution in [2.24, 2.45) is 0 Å². The van der Waals surface area contributed by atoms with Crippen molar-refractivity contribution >= 4 is 11.7 Å². The van der Waals surface area contributed by atoms with Crippen molar-refractivity contribution < 1.29 is 9.90 Å². The van der Waals surface area contributed by atoms with Crippen molar-refractivity contribution in [1.29, 1.82) is 0 Å². The van der Waals surface area contributed by atoms with Crippen LogP contribution < -0.4 is 5.32 Å². The first kappa shape index (κ1) is 9.06. The van der Waals surface area contributed by atoms with E-state index in [1.54, 1.807) is 12.1 Å². The number of rotatable bonds is 3. The van der Waals surface area contributed by atoms with Crippen molar-refractivity contribution in [2.45, 2.75) is 25.3 Å². The molecule has 1 fully saturated rings. The normalized spacial score (nSPS) is 16.0. The third kappa shape index (κ3) is 1.87. The maximum atomic E-state index is 10.6. The molecule has 1 aromatic carbocycles. The maximum Gasteiger partial charge on any atom is 0.335 e. The van der Waals surface area contributed by atoms with Crippen molar-refractivity contribution in [3.63, 3.8) is 0 Å². The van der Waals surface area contributed by atoms with Crippen LogP contribution >= 0.6 is 0 Å². The molecule has 1 aliphatic rings. The maximum absolute atomic E-state index is 10.6. The Bertz CT molecular complexity index is 328. The highest BCUT2D eigenvalue weighted by Crippen LogP contribution is 2.23. The highest BCUT2D eigenvalue weighted by molar-refractivity contribution is 5.87. The van der Waals surface area contributed by atoms with Crippen LogP contribution in [-0.2, 0) is 0 Å². The van der Waals surface area contributed by atoms with Crippen LogP contribution in [0, 0.1) is 0 Å². The molecule has 1 saturated carbocycles. The number of aromatic carboxylic acids is 1. The summed E-state index contributed by atoms with van der Waals surface area (Å²) in [6.45, 7) is 0. The second-order valence-electron chi connectivity index (χ2n) is 3.65. The number of anilines is 1. The molecule has 3 heteroatoms. The van der Waals surface area contributed by atoms with E-state index in [-0.39, 0.29) is 0 Å². The van der Waals surface area contributed by atoms with Crippen LogP contribution in [0.15, 0.2) is 24.3 Å². The molecule has 0 atom stereocenters. The predicted molar refractivity (Wildman–Crippen MR) is 54.7 cm³/mol. The van der Waals surface area contributed by atoms with Crippen molar-refractivity contribution in [2.75, 3.05) is 5.32 Å². The number of benzene rings is 1. The van der Waals surface area contributed by atoms with Gasteiger partial charge in [0.05, 0.1) is 5.56 Å². The standard InChI is InChI=1S/C11H13NO2/c13-11(14)8-4-6-10(7-5-8)12-9-2-1-3-9/h4-7,9,12H,1-3H2,(H,13,14). The number of hydrogen-bond donors (Lipinski definition) is 2. The molecule has 0 heterocycles. The topological polar surface area (TPSA) is 49.3 Å².